The molecular formula is C16H16O5S. The molecule has 0 atom stereocenters. The van der Waals surface area contributed by atoms with Gasteiger partial charge in [-0.2, -0.15) is 0 Å². The summed E-state index contributed by atoms with van der Waals surface area (Å²) in [6, 6.07) is 12.8. The van der Waals surface area contributed by atoms with E-state index in [0.29, 0.717) is 5.75 Å². The summed E-state index contributed by atoms with van der Waals surface area (Å²) in [6.07, 6.45) is 0. The molecule has 0 aliphatic carbocycles. The molecule has 2 rings (SSSR count). The first kappa shape index (κ1) is 16.0. The number of carboxylic acid groups (broad SMARTS) is 1. The predicted molar refractivity (Wildman–Crippen MR) is 82.1 cm³/mol. The Morgan fingerprint density at radius 1 is 1.09 bits per heavy atom. The summed E-state index contributed by atoms with van der Waals surface area (Å²) in [5, 5.41) is 9.06. The number of ether oxygens (including phenoxy) is 1. The lowest BCUT2D eigenvalue weighted by atomic mass is 10.2. The maximum atomic E-state index is 12.3. The van der Waals surface area contributed by atoms with Crippen molar-refractivity contribution in [1.82, 2.24) is 0 Å². The maximum absolute atomic E-state index is 12.3. The third-order valence-corrected chi connectivity index (χ3v) is 4.82. The Balaban J connectivity index is 2.09. The van der Waals surface area contributed by atoms with Gasteiger partial charge >= 0.3 is 5.97 Å². The van der Waals surface area contributed by atoms with Crippen molar-refractivity contribution in [2.45, 2.75) is 11.8 Å². The zero-order valence-corrected chi connectivity index (χ0v) is 12.8. The topological polar surface area (TPSA) is 80.7 Å². The van der Waals surface area contributed by atoms with Crippen LogP contribution >= 0.6 is 0 Å². The number of benzene rings is 2. The monoisotopic (exact) mass is 320 g/mol. The van der Waals surface area contributed by atoms with Gasteiger partial charge in [0.1, 0.15) is 12.4 Å². The van der Waals surface area contributed by atoms with E-state index in [-0.39, 0.29) is 22.8 Å². The molecule has 0 radical (unpaired) electrons. The van der Waals surface area contributed by atoms with Crippen LogP contribution in [0.5, 0.6) is 5.75 Å². The van der Waals surface area contributed by atoms with E-state index in [1.807, 2.05) is 19.1 Å². The minimum atomic E-state index is -3.72. The fraction of sp³-hybridized carbons (Fsp3) is 0.188. The van der Waals surface area contributed by atoms with E-state index in [1.54, 1.807) is 12.1 Å². The molecule has 2 aromatic rings. The summed E-state index contributed by atoms with van der Waals surface area (Å²) in [6.45, 7) is 1.90. The van der Waals surface area contributed by atoms with E-state index in [2.05, 4.69) is 0 Å². The number of carboxylic acids is 1. The van der Waals surface area contributed by atoms with Crippen molar-refractivity contribution in [3.05, 3.63) is 59.7 Å². The highest BCUT2D eigenvalue weighted by molar-refractivity contribution is 7.91. The molecule has 0 aliphatic heterocycles. The highest BCUT2D eigenvalue weighted by Gasteiger charge is 2.21. The lowest BCUT2D eigenvalue weighted by Gasteiger charge is -2.09. The maximum Gasteiger partial charge on any atom is 0.337 e. The van der Waals surface area contributed by atoms with Gasteiger partial charge < -0.3 is 9.84 Å². The van der Waals surface area contributed by atoms with Gasteiger partial charge in [0, 0.05) is 0 Å². The van der Waals surface area contributed by atoms with Crippen LogP contribution in [-0.2, 0) is 9.84 Å². The highest BCUT2D eigenvalue weighted by Crippen LogP contribution is 2.18. The quantitative estimate of drug-likeness (QED) is 0.884. The molecule has 0 amide bonds. The molecule has 5 nitrogen and oxygen atoms in total. The third kappa shape index (κ3) is 3.85. The summed E-state index contributed by atoms with van der Waals surface area (Å²) in [4.78, 5) is 10.9. The number of hydrogen-bond acceptors (Lipinski definition) is 4. The number of carbonyl (C=O) groups is 1. The SMILES string of the molecule is Cc1ccc(OCCS(=O)(=O)c2ccccc2C(=O)O)cc1. The van der Waals surface area contributed by atoms with E-state index in [0.717, 1.165) is 5.56 Å². The molecule has 0 saturated carbocycles. The second-order valence-electron chi connectivity index (χ2n) is 4.78. The molecule has 0 aromatic heterocycles. The minimum Gasteiger partial charge on any atom is -0.493 e. The van der Waals surface area contributed by atoms with E-state index in [9.17, 15) is 13.2 Å². The Morgan fingerprint density at radius 3 is 2.36 bits per heavy atom. The summed E-state index contributed by atoms with van der Waals surface area (Å²) in [5.41, 5.74) is 0.855. The number of hydrogen-bond donors (Lipinski definition) is 1. The average molecular weight is 320 g/mol. The van der Waals surface area contributed by atoms with Crippen molar-refractivity contribution in [2.75, 3.05) is 12.4 Å². The first-order valence-corrected chi connectivity index (χ1v) is 8.30. The smallest absolute Gasteiger partial charge is 0.337 e. The second kappa shape index (κ2) is 6.62. The molecule has 2 aromatic carbocycles. The fourth-order valence-electron chi connectivity index (χ4n) is 1.93. The summed E-state index contributed by atoms with van der Waals surface area (Å²) >= 11 is 0. The Morgan fingerprint density at radius 2 is 1.73 bits per heavy atom. The first-order chi connectivity index (χ1) is 10.4. The van der Waals surface area contributed by atoms with E-state index in [4.69, 9.17) is 9.84 Å². The van der Waals surface area contributed by atoms with Crippen LogP contribution in [0.4, 0.5) is 0 Å². The summed E-state index contributed by atoms with van der Waals surface area (Å²) in [5.74, 6) is -0.975. The molecule has 0 unspecified atom stereocenters. The van der Waals surface area contributed by atoms with Crippen molar-refractivity contribution < 1.29 is 23.1 Å². The molecule has 0 saturated heterocycles. The van der Waals surface area contributed by atoms with Crippen LogP contribution in [0.25, 0.3) is 0 Å². The lowest BCUT2D eigenvalue weighted by molar-refractivity contribution is 0.0692. The van der Waals surface area contributed by atoms with E-state index < -0.39 is 15.8 Å². The molecule has 0 fully saturated rings. The number of aromatic carboxylic acids is 1. The molecule has 6 heteroatoms. The molecule has 1 N–H and O–H groups in total. The molecule has 0 spiro atoms. The van der Waals surface area contributed by atoms with Crippen molar-refractivity contribution in [2.24, 2.45) is 0 Å². The zero-order chi connectivity index (χ0) is 16.2. The van der Waals surface area contributed by atoms with Crippen LogP contribution < -0.4 is 4.74 Å². The normalized spacial score (nSPS) is 11.1. The summed E-state index contributed by atoms with van der Waals surface area (Å²) in [7, 11) is -3.72. The van der Waals surface area contributed by atoms with Gasteiger partial charge in [-0.25, -0.2) is 13.2 Å². The van der Waals surface area contributed by atoms with Crippen molar-refractivity contribution in [3.8, 4) is 5.75 Å². The number of sulfone groups is 1. The van der Waals surface area contributed by atoms with E-state index in [1.165, 1.54) is 24.3 Å². The van der Waals surface area contributed by atoms with Crippen molar-refractivity contribution in [3.63, 3.8) is 0 Å². The van der Waals surface area contributed by atoms with Crippen LogP contribution in [-0.4, -0.2) is 31.9 Å². The van der Waals surface area contributed by atoms with Crippen LogP contribution in [0, 0.1) is 6.92 Å². The summed E-state index contributed by atoms with van der Waals surface area (Å²) < 4.78 is 29.9. The first-order valence-electron chi connectivity index (χ1n) is 6.65. The van der Waals surface area contributed by atoms with Gasteiger partial charge in [-0.05, 0) is 31.2 Å². The van der Waals surface area contributed by atoms with Gasteiger partial charge in [0.05, 0.1) is 16.2 Å². The molecule has 22 heavy (non-hydrogen) atoms. The number of aryl methyl sites for hydroxylation is 1. The van der Waals surface area contributed by atoms with Crippen LogP contribution in [0.1, 0.15) is 15.9 Å². The second-order valence-corrected chi connectivity index (χ2v) is 6.86. The van der Waals surface area contributed by atoms with Gasteiger partial charge in [-0.15, -0.1) is 0 Å². The Hall–Kier alpha value is -2.34. The van der Waals surface area contributed by atoms with Gasteiger partial charge in [-0.1, -0.05) is 29.8 Å². The zero-order valence-electron chi connectivity index (χ0n) is 12.0. The number of rotatable bonds is 6. The molecule has 0 heterocycles. The molecule has 0 bridgehead atoms. The lowest BCUT2D eigenvalue weighted by Crippen LogP contribution is -2.17. The molecule has 0 aliphatic rings. The van der Waals surface area contributed by atoms with Crippen molar-refractivity contribution >= 4 is 15.8 Å². The van der Waals surface area contributed by atoms with Crippen LogP contribution in [0.2, 0.25) is 0 Å². The average Bonchev–Trinajstić information content (AvgIpc) is 2.49. The van der Waals surface area contributed by atoms with Gasteiger partial charge in [-0.3, -0.25) is 0 Å². The Labute approximate surface area is 129 Å². The fourth-order valence-corrected chi connectivity index (χ4v) is 3.23. The predicted octanol–water partition coefficient (Wildman–Crippen LogP) is 2.55. The van der Waals surface area contributed by atoms with E-state index >= 15 is 0 Å². The van der Waals surface area contributed by atoms with Gasteiger partial charge in [0.2, 0.25) is 0 Å². The third-order valence-electron chi connectivity index (χ3n) is 3.09. The highest BCUT2D eigenvalue weighted by atomic mass is 32.2. The molecular weight excluding hydrogens is 304 g/mol. The Bertz CT molecular complexity index is 763. The standard InChI is InChI=1S/C16H16O5S/c1-12-6-8-13(9-7-12)21-10-11-22(19,20)15-5-3-2-4-14(15)16(17)18/h2-9H,10-11H2,1H3,(H,17,18). The minimum absolute atomic E-state index is 0.0423. The molecule has 116 valence electrons. The van der Waals surface area contributed by atoms with Gasteiger partial charge in [0.25, 0.3) is 0 Å². The van der Waals surface area contributed by atoms with Gasteiger partial charge in [0.15, 0.2) is 9.84 Å². The van der Waals surface area contributed by atoms with Crippen LogP contribution in [0.3, 0.4) is 0 Å². The Kier molecular flexibility index (Phi) is 4.82. The van der Waals surface area contributed by atoms with Crippen molar-refractivity contribution in [1.29, 1.82) is 0 Å². The largest absolute Gasteiger partial charge is 0.493 e. The van der Waals surface area contributed by atoms with Crippen LogP contribution in [0.15, 0.2) is 53.4 Å².